The van der Waals surface area contributed by atoms with E-state index in [9.17, 15) is 19.2 Å². The third-order valence-corrected chi connectivity index (χ3v) is 18.3. The highest BCUT2D eigenvalue weighted by Crippen LogP contribution is 2.33. The van der Waals surface area contributed by atoms with Gasteiger partial charge in [-0.3, -0.25) is 39.6 Å². The molecular weight excluding hydrogens is 1440 g/mol. The number of H-pyrrole nitrogens is 4. The molecule has 0 aliphatic carbocycles. The molecule has 2 aliphatic heterocycles. The molecule has 4 amide bonds. The van der Waals surface area contributed by atoms with Gasteiger partial charge in [-0.2, -0.15) is 20.4 Å². The van der Waals surface area contributed by atoms with Crippen molar-refractivity contribution in [1.82, 2.24) is 101 Å². The Bertz CT molecular complexity index is 6030. The van der Waals surface area contributed by atoms with Gasteiger partial charge in [0.05, 0.1) is 41.9 Å². The van der Waals surface area contributed by atoms with E-state index in [1.54, 1.807) is 29.2 Å². The van der Waals surface area contributed by atoms with Gasteiger partial charge in [-0.15, -0.1) is 0 Å². The minimum Gasteiger partial charge on any atom is -0.395 e. The van der Waals surface area contributed by atoms with Crippen molar-refractivity contribution in [1.29, 1.82) is 0 Å². The molecule has 0 bridgehead atoms. The first-order valence-electron chi connectivity index (χ1n) is 36.5. The zero-order valence-corrected chi connectivity index (χ0v) is 61.4. The van der Waals surface area contributed by atoms with Gasteiger partial charge < -0.3 is 56.9 Å². The summed E-state index contributed by atoms with van der Waals surface area (Å²) in [5, 5.41) is 55.4. The number of likely N-dealkylation sites (N-methyl/N-ethyl adjacent to an activating group) is 1. The van der Waals surface area contributed by atoms with Gasteiger partial charge in [-0.25, -0.2) is 39.9 Å². The zero-order valence-electron chi connectivity index (χ0n) is 61.4. The topological polar surface area (TPSA) is 411 Å². The molecule has 10 heterocycles. The molecule has 18 rings (SSSR count). The SMILES string of the molecule is CN1CCN(C(=O)c2cc(Nc3nc(-c4ccccc4)nc4ccccc34)n[nH]2)CC1.NC(=O)c1cc(Nc2nc(-c3ccccc3)nc3ccccc23)n[nH]1.O=C(NCCO)c1cc(Nc2nc(-c3ccccc3)nc3ccccc23)n[nH]1.O=C(c1cc(Nc2nc(-c3ccccc3)nc3ccccc23)n[nH]1)N1CCOCC1. The molecule has 2 aliphatic rings. The number of aliphatic hydroxyl groups is 1. The number of fused-ring (bicyclic) bond motifs is 4. The summed E-state index contributed by atoms with van der Waals surface area (Å²) in [4.78, 5) is 91.9. The van der Waals surface area contributed by atoms with E-state index in [2.05, 4.69) is 99.3 Å². The maximum Gasteiger partial charge on any atom is 0.272 e. The van der Waals surface area contributed by atoms with E-state index in [0.29, 0.717) is 121 Å². The third kappa shape index (κ3) is 17.9. The molecule has 568 valence electrons. The summed E-state index contributed by atoms with van der Waals surface area (Å²) >= 11 is 0. The van der Waals surface area contributed by atoms with Gasteiger partial charge in [0, 0.05) is 114 Å². The van der Waals surface area contributed by atoms with Crippen LogP contribution in [0.4, 0.5) is 46.5 Å². The number of aromatic amines is 4. The van der Waals surface area contributed by atoms with E-state index in [1.165, 1.54) is 0 Å². The Kier molecular flexibility index (Phi) is 22.9. The number of para-hydroxylation sites is 4. The van der Waals surface area contributed by atoms with Gasteiger partial charge in [0.25, 0.3) is 23.6 Å². The number of nitrogens with one attached hydrogen (secondary N) is 9. The normalized spacial score (nSPS) is 12.7. The number of nitrogens with zero attached hydrogens (tertiary/aromatic N) is 15. The lowest BCUT2D eigenvalue weighted by atomic mass is 10.2. The lowest BCUT2D eigenvalue weighted by Crippen LogP contribution is -2.47. The van der Waals surface area contributed by atoms with Crippen molar-refractivity contribution in [3.63, 3.8) is 0 Å². The number of amides is 4. The highest BCUT2D eigenvalue weighted by Gasteiger charge is 2.25. The summed E-state index contributed by atoms with van der Waals surface area (Å²) in [5.74, 6) is 5.88. The number of piperazine rings is 1. The van der Waals surface area contributed by atoms with Crippen LogP contribution in [0, 0.1) is 0 Å². The van der Waals surface area contributed by atoms with E-state index in [0.717, 1.165) is 79.0 Å². The van der Waals surface area contributed by atoms with Crippen LogP contribution in [0.25, 0.3) is 89.2 Å². The second-order valence-electron chi connectivity index (χ2n) is 26.1. The minimum atomic E-state index is -0.571. The Hall–Kier alpha value is -15.1. The standard InChI is InChI=1S/C23H23N7O.C22H20N6O2.C20H18N6O2.C18H14N6O/c1-29-11-13-30(14-12-29)23(31)19-15-20(28-27-19)25-22-17-9-5-6-10-18(17)24-21(26-22)16-7-3-2-4-8-16;29-22(28-10-12-30-13-11-28)18-14-19(27-26-18)24-21-16-8-4-5-9-17(16)23-20(25-21)15-6-2-1-3-7-15;27-11-10-21-20(28)16-12-17(26-25-16)23-19-14-8-4-5-9-15(14)22-18(24-19)13-6-2-1-3-7-13;19-16(25)14-10-15(24-23-14)21-18-12-8-4-5-9-13(12)20-17(22-18)11-6-2-1-3-7-11/h2-10,15H,11-14H2,1H3,(H2,24,25,26,27,28);1-9,14H,10-13H2,(H2,23,24,25,26,27);1-9,12,27H,10-11H2,(H,21,28)(H2,22,23,24,25,26);1-10H,(H2,19,25)(H2,20,21,22,23,24). The van der Waals surface area contributed by atoms with Crippen LogP contribution >= 0.6 is 0 Å². The molecule has 0 unspecified atom stereocenters. The second kappa shape index (κ2) is 35.1. The molecule has 16 aromatic rings. The molecule has 114 heavy (non-hydrogen) atoms. The average Bonchev–Trinajstić information content (AvgIpc) is 0.956. The lowest BCUT2D eigenvalue weighted by Gasteiger charge is -2.31. The summed E-state index contributed by atoms with van der Waals surface area (Å²) in [7, 11) is 2.07. The number of nitrogens with two attached hydrogens (primary N) is 1. The van der Waals surface area contributed by atoms with Gasteiger partial charge in [-0.05, 0) is 55.6 Å². The quantitative estimate of drug-likeness (QED) is 0.0380. The van der Waals surface area contributed by atoms with E-state index < -0.39 is 5.91 Å². The van der Waals surface area contributed by atoms with Crippen LogP contribution in [0.2, 0.25) is 0 Å². The minimum absolute atomic E-state index is 0.0360. The predicted octanol–water partition coefficient (Wildman–Crippen LogP) is 11.7. The van der Waals surface area contributed by atoms with Gasteiger partial charge in [0.1, 0.15) is 46.0 Å². The highest BCUT2D eigenvalue weighted by molar-refractivity contribution is 5.99. The molecule has 0 saturated carbocycles. The molecule has 8 aromatic heterocycles. The molecule has 8 aromatic carbocycles. The zero-order chi connectivity index (χ0) is 78.1. The number of anilines is 8. The summed E-state index contributed by atoms with van der Waals surface area (Å²) in [6.45, 7) is 5.51. The smallest absolute Gasteiger partial charge is 0.272 e. The largest absolute Gasteiger partial charge is 0.395 e. The van der Waals surface area contributed by atoms with Crippen molar-refractivity contribution in [2.45, 2.75) is 0 Å². The number of aliphatic hydroxyl groups excluding tert-OH is 1. The van der Waals surface area contributed by atoms with Crippen LogP contribution in [0.3, 0.4) is 0 Å². The van der Waals surface area contributed by atoms with Crippen molar-refractivity contribution in [2.75, 3.05) is 93.9 Å². The molecule has 0 atom stereocenters. The monoisotopic (exact) mass is 1520 g/mol. The lowest BCUT2D eigenvalue weighted by molar-refractivity contribution is 0.0299. The highest BCUT2D eigenvalue weighted by atomic mass is 16.5. The van der Waals surface area contributed by atoms with E-state index in [4.69, 9.17) is 35.5 Å². The number of carbonyl (C=O) groups excluding carboxylic acids is 4. The number of aromatic nitrogens is 16. The van der Waals surface area contributed by atoms with Gasteiger partial charge in [-0.1, -0.05) is 170 Å². The predicted molar refractivity (Wildman–Crippen MR) is 435 cm³/mol. The van der Waals surface area contributed by atoms with Crippen molar-refractivity contribution in [2.24, 2.45) is 5.73 Å². The third-order valence-electron chi connectivity index (χ3n) is 18.3. The molecule has 2 saturated heterocycles. The Morgan fingerprint density at radius 3 is 0.991 bits per heavy atom. The summed E-state index contributed by atoms with van der Waals surface area (Å²) in [6.07, 6.45) is 0. The fourth-order valence-corrected chi connectivity index (χ4v) is 12.4. The summed E-state index contributed by atoms with van der Waals surface area (Å²) in [6, 6.07) is 76.7. The summed E-state index contributed by atoms with van der Waals surface area (Å²) < 4.78 is 5.31. The average molecular weight is 1520 g/mol. The van der Waals surface area contributed by atoms with Crippen molar-refractivity contribution >= 4 is 114 Å². The Balaban J connectivity index is 0.000000120. The van der Waals surface area contributed by atoms with Crippen LogP contribution in [0.1, 0.15) is 42.0 Å². The van der Waals surface area contributed by atoms with Gasteiger partial charge in [0.2, 0.25) is 0 Å². The first kappa shape index (κ1) is 74.4. The number of rotatable bonds is 18. The van der Waals surface area contributed by atoms with Crippen molar-refractivity contribution in [3.8, 4) is 45.6 Å². The first-order chi connectivity index (χ1) is 55.9. The van der Waals surface area contributed by atoms with E-state index >= 15 is 0 Å². The Morgan fingerprint density at radius 2 is 0.667 bits per heavy atom. The summed E-state index contributed by atoms with van der Waals surface area (Å²) in [5.41, 5.74) is 13.6. The van der Waals surface area contributed by atoms with E-state index in [1.807, 2.05) is 223 Å². The van der Waals surface area contributed by atoms with E-state index in [-0.39, 0.29) is 42.3 Å². The molecular formula is C83H75N25O6. The molecule has 31 nitrogen and oxygen atoms in total. The molecule has 31 heteroatoms. The maximum atomic E-state index is 12.8. The molecule has 0 spiro atoms. The van der Waals surface area contributed by atoms with Gasteiger partial charge in [0.15, 0.2) is 46.6 Å². The van der Waals surface area contributed by atoms with Crippen LogP contribution < -0.4 is 32.3 Å². The number of primary amides is 1. The van der Waals surface area contributed by atoms with Crippen molar-refractivity contribution in [3.05, 3.63) is 265 Å². The Morgan fingerprint density at radius 1 is 0.377 bits per heavy atom. The number of carbonyl (C=O) groups is 4. The number of hydrogen-bond donors (Lipinski definition) is 11. The molecule has 0 radical (unpaired) electrons. The number of hydrogen-bond acceptors (Lipinski definition) is 23. The molecule has 2 fully saturated rings. The van der Waals surface area contributed by atoms with Crippen molar-refractivity contribution < 1.29 is 29.0 Å². The van der Waals surface area contributed by atoms with Crippen LogP contribution in [0.15, 0.2) is 243 Å². The second-order valence-corrected chi connectivity index (χ2v) is 26.1. The van der Waals surface area contributed by atoms with Crippen LogP contribution in [-0.4, -0.2) is 197 Å². The van der Waals surface area contributed by atoms with Crippen LogP contribution in [-0.2, 0) is 4.74 Å². The number of ether oxygens (including phenoxy) is 1. The first-order valence-corrected chi connectivity index (χ1v) is 36.5. The number of benzene rings is 8. The molecule has 12 N–H and O–H groups in total. The van der Waals surface area contributed by atoms with Crippen LogP contribution in [0.5, 0.6) is 0 Å². The fraction of sp³-hybridized carbons (Fsp3) is 0.133. The maximum absolute atomic E-state index is 12.8. The fourth-order valence-electron chi connectivity index (χ4n) is 12.4. The van der Waals surface area contributed by atoms with Gasteiger partial charge >= 0.3 is 0 Å². The number of morpholine rings is 1. The Labute approximate surface area is 651 Å².